The molecule has 1 aromatic carbocycles. The molecule has 0 bridgehead atoms. The van der Waals surface area contributed by atoms with Crippen molar-refractivity contribution in [2.45, 2.75) is 26.3 Å². The number of Topliss-reactive ketones (excluding diaryl/α,β-unsaturated/α-hetero) is 1. The molecule has 3 aromatic rings. The quantitative estimate of drug-likeness (QED) is 0.381. The maximum Gasteiger partial charge on any atom is 0.292 e. The highest BCUT2D eigenvalue weighted by atomic mass is 19.1. The van der Waals surface area contributed by atoms with Gasteiger partial charge in [0.15, 0.2) is 0 Å². The second-order valence-corrected chi connectivity index (χ2v) is 7.05. The molecule has 1 atom stereocenters. The molecule has 0 fully saturated rings. The van der Waals surface area contributed by atoms with Crippen molar-refractivity contribution < 1.29 is 18.8 Å². The van der Waals surface area contributed by atoms with Crippen LogP contribution >= 0.6 is 0 Å². The fraction of sp³-hybridized carbons (Fsp3) is 0.238. The van der Waals surface area contributed by atoms with Gasteiger partial charge in [-0.25, -0.2) is 4.39 Å². The van der Waals surface area contributed by atoms with Gasteiger partial charge >= 0.3 is 0 Å². The van der Waals surface area contributed by atoms with Gasteiger partial charge < -0.3 is 15.2 Å². The summed E-state index contributed by atoms with van der Waals surface area (Å²) in [6, 6.07) is 4.81. The van der Waals surface area contributed by atoms with E-state index in [1.54, 1.807) is 20.0 Å². The Bertz CT molecular complexity index is 1220. The number of amides is 2. The Morgan fingerprint density at radius 1 is 1.34 bits per heavy atom. The van der Waals surface area contributed by atoms with E-state index in [2.05, 4.69) is 26.0 Å². The summed E-state index contributed by atoms with van der Waals surface area (Å²) >= 11 is 0. The number of nitriles is 1. The lowest BCUT2D eigenvalue weighted by Crippen LogP contribution is -2.34. The molecular weight excluding hydrogens is 417 g/mol. The second-order valence-electron chi connectivity index (χ2n) is 7.05. The van der Waals surface area contributed by atoms with Crippen molar-refractivity contribution in [2.24, 2.45) is 7.05 Å². The van der Waals surface area contributed by atoms with Crippen molar-refractivity contribution in [3.05, 3.63) is 64.5 Å². The Morgan fingerprint density at radius 2 is 2.09 bits per heavy atom. The highest BCUT2D eigenvalue weighted by Gasteiger charge is 2.27. The van der Waals surface area contributed by atoms with Gasteiger partial charge in [-0.05, 0) is 37.1 Å². The van der Waals surface area contributed by atoms with E-state index in [-0.39, 0.29) is 22.5 Å². The number of halogens is 1. The Morgan fingerprint density at radius 3 is 2.72 bits per heavy atom. The van der Waals surface area contributed by atoms with Crippen LogP contribution in [0.3, 0.4) is 0 Å². The summed E-state index contributed by atoms with van der Waals surface area (Å²) < 4.78 is 14.9. The lowest BCUT2D eigenvalue weighted by Gasteiger charge is -2.13. The summed E-state index contributed by atoms with van der Waals surface area (Å²) in [6.07, 6.45) is 3.35. The minimum absolute atomic E-state index is 0.0713. The third-order valence-electron chi connectivity index (χ3n) is 4.95. The van der Waals surface area contributed by atoms with Gasteiger partial charge in [0.25, 0.3) is 17.6 Å². The van der Waals surface area contributed by atoms with Gasteiger partial charge in [0.2, 0.25) is 0 Å². The van der Waals surface area contributed by atoms with Crippen LogP contribution in [0, 0.1) is 24.1 Å². The largest absolute Gasteiger partial charge is 0.346 e. The lowest BCUT2D eigenvalue weighted by atomic mass is 10.1. The third-order valence-corrected chi connectivity index (χ3v) is 4.95. The second kappa shape index (κ2) is 9.22. The molecule has 164 valence electrons. The number of anilines is 1. The number of nitrogens with one attached hydrogen (secondary N) is 3. The zero-order chi connectivity index (χ0) is 23.4. The molecule has 2 amide bonds. The number of aryl methyl sites for hydroxylation is 1. The van der Waals surface area contributed by atoms with Crippen LogP contribution in [0.15, 0.2) is 30.6 Å². The van der Waals surface area contributed by atoms with Crippen LogP contribution in [0.2, 0.25) is 0 Å². The predicted molar refractivity (Wildman–Crippen MR) is 111 cm³/mol. The molecule has 0 saturated heterocycles. The zero-order valence-electron chi connectivity index (χ0n) is 17.6. The van der Waals surface area contributed by atoms with Crippen molar-refractivity contribution in [2.75, 3.05) is 5.32 Å². The molecule has 2 aromatic heterocycles. The number of carbonyl (C=O) groups is 3. The van der Waals surface area contributed by atoms with Gasteiger partial charge in [-0.15, -0.1) is 0 Å². The molecule has 3 rings (SSSR count). The standard InChI is InChI=1S/C21H20FN7O3/c1-4-16(17-9-24-28-27-17)26-21(32)19(30)14-10-29(3)18(11(14)2)20(31)25-13-5-6-15(22)12(7-13)8-23/h5-7,9-10,16H,4H2,1-3H3,(H,25,31)(H,26,32)(H,24,27,28)/t16-/m0/s1. The van der Waals surface area contributed by atoms with Crippen LogP contribution in [0.1, 0.15) is 57.1 Å². The van der Waals surface area contributed by atoms with E-state index >= 15 is 0 Å². The summed E-state index contributed by atoms with van der Waals surface area (Å²) in [6.45, 7) is 3.38. The first kappa shape index (κ1) is 22.4. The molecule has 0 unspecified atom stereocenters. The van der Waals surface area contributed by atoms with Crippen LogP contribution in [0.5, 0.6) is 0 Å². The molecule has 0 saturated carbocycles. The monoisotopic (exact) mass is 437 g/mol. The highest BCUT2D eigenvalue weighted by Crippen LogP contribution is 2.21. The molecular formula is C21H20FN7O3. The van der Waals surface area contributed by atoms with E-state index in [0.29, 0.717) is 17.7 Å². The number of nitrogens with zero attached hydrogens (tertiary/aromatic N) is 4. The summed E-state index contributed by atoms with van der Waals surface area (Å²) in [4.78, 5) is 38.1. The fourth-order valence-electron chi connectivity index (χ4n) is 3.30. The van der Waals surface area contributed by atoms with Gasteiger partial charge in [0.05, 0.1) is 17.8 Å². The first-order chi connectivity index (χ1) is 15.3. The minimum atomic E-state index is -0.835. The van der Waals surface area contributed by atoms with Gasteiger partial charge in [-0.1, -0.05) is 6.92 Å². The van der Waals surface area contributed by atoms with Crippen molar-refractivity contribution in [3.63, 3.8) is 0 Å². The number of rotatable bonds is 7. The van der Waals surface area contributed by atoms with Gasteiger partial charge in [0.1, 0.15) is 23.3 Å². The van der Waals surface area contributed by atoms with Gasteiger partial charge in [0, 0.05) is 24.5 Å². The maximum atomic E-state index is 13.5. The molecule has 2 heterocycles. The van der Waals surface area contributed by atoms with Crippen molar-refractivity contribution >= 4 is 23.3 Å². The number of aromatic nitrogens is 4. The van der Waals surface area contributed by atoms with E-state index in [9.17, 15) is 18.8 Å². The fourth-order valence-corrected chi connectivity index (χ4v) is 3.30. The minimum Gasteiger partial charge on any atom is -0.346 e. The van der Waals surface area contributed by atoms with Gasteiger partial charge in [-0.2, -0.15) is 20.7 Å². The normalized spacial score (nSPS) is 11.5. The van der Waals surface area contributed by atoms with E-state index in [4.69, 9.17) is 5.26 Å². The topological polar surface area (TPSA) is 146 Å². The van der Waals surface area contributed by atoms with Crippen molar-refractivity contribution in [3.8, 4) is 6.07 Å². The molecule has 10 nitrogen and oxygen atoms in total. The summed E-state index contributed by atoms with van der Waals surface area (Å²) in [5.41, 5.74) is 1.03. The Kier molecular flexibility index (Phi) is 6.44. The summed E-state index contributed by atoms with van der Waals surface area (Å²) in [7, 11) is 1.56. The molecule has 3 N–H and O–H groups in total. The van der Waals surface area contributed by atoms with Crippen LogP contribution in [-0.2, 0) is 11.8 Å². The number of H-pyrrole nitrogens is 1. The van der Waals surface area contributed by atoms with E-state index in [1.165, 1.54) is 29.1 Å². The third kappa shape index (κ3) is 4.39. The number of ketones is 1. The Balaban J connectivity index is 1.80. The summed E-state index contributed by atoms with van der Waals surface area (Å²) in [5.74, 6) is -2.91. The average Bonchev–Trinajstić information content (AvgIpc) is 3.40. The molecule has 0 radical (unpaired) electrons. The van der Waals surface area contributed by atoms with Crippen LogP contribution in [0.25, 0.3) is 0 Å². The van der Waals surface area contributed by atoms with Crippen LogP contribution < -0.4 is 10.6 Å². The summed E-state index contributed by atoms with van der Waals surface area (Å²) in [5, 5.41) is 24.2. The Labute approximate surface area is 182 Å². The van der Waals surface area contributed by atoms with Crippen molar-refractivity contribution in [1.29, 1.82) is 5.26 Å². The first-order valence-corrected chi connectivity index (χ1v) is 9.64. The maximum absolute atomic E-state index is 13.5. The molecule has 0 aliphatic heterocycles. The van der Waals surface area contributed by atoms with Crippen LogP contribution in [0.4, 0.5) is 10.1 Å². The number of carbonyl (C=O) groups excluding carboxylic acids is 3. The van der Waals surface area contributed by atoms with E-state index < -0.39 is 29.5 Å². The molecule has 0 aliphatic rings. The first-order valence-electron chi connectivity index (χ1n) is 9.64. The highest BCUT2D eigenvalue weighted by molar-refractivity contribution is 6.43. The van der Waals surface area contributed by atoms with E-state index in [1.807, 2.05) is 6.92 Å². The SMILES string of the molecule is CC[C@H](NC(=O)C(=O)c1cn(C)c(C(=O)Nc2ccc(F)c(C#N)c2)c1C)c1cn[nH]n1. The zero-order valence-corrected chi connectivity index (χ0v) is 17.6. The lowest BCUT2D eigenvalue weighted by molar-refractivity contribution is -0.117. The van der Waals surface area contributed by atoms with Crippen molar-refractivity contribution in [1.82, 2.24) is 25.3 Å². The number of hydrogen-bond donors (Lipinski definition) is 3. The molecule has 0 aliphatic carbocycles. The molecule has 11 heteroatoms. The van der Waals surface area contributed by atoms with Crippen LogP contribution in [-0.4, -0.2) is 37.6 Å². The van der Waals surface area contributed by atoms with Gasteiger partial charge in [-0.3, -0.25) is 14.4 Å². The number of aromatic amines is 1. The predicted octanol–water partition coefficient (Wildman–Crippen LogP) is 2.16. The molecule has 32 heavy (non-hydrogen) atoms. The van der Waals surface area contributed by atoms with E-state index in [0.717, 1.165) is 6.07 Å². The number of benzene rings is 1. The smallest absolute Gasteiger partial charge is 0.292 e. The molecule has 0 spiro atoms. The average molecular weight is 437 g/mol. The Hall–Kier alpha value is -4.33. The number of hydrogen-bond acceptors (Lipinski definition) is 6.